The Labute approximate surface area is 113 Å². The molecular formula is C12H14BrF2NO2. The predicted octanol–water partition coefficient (Wildman–Crippen LogP) is 4.73. The molecule has 1 amide bonds. The molecule has 18 heavy (non-hydrogen) atoms. The first kappa shape index (κ1) is 14.9. The molecule has 0 heterocycles. The zero-order chi connectivity index (χ0) is 13.9. The van der Waals surface area contributed by atoms with Crippen LogP contribution in [0.5, 0.6) is 0 Å². The van der Waals surface area contributed by atoms with Crippen molar-refractivity contribution >= 4 is 27.7 Å². The third kappa shape index (κ3) is 4.60. The number of rotatable bonds is 2. The second-order valence-electron chi connectivity index (χ2n) is 4.66. The van der Waals surface area contributed by atoms with Crippen LogP contribution < -0.4 is 5.32 Å². The maximum atomic E-state index is 12.7. The van der Waals surface area contributed by atoms with Crippen molar-refractivity contribution in [1.29, 1.82) is 0 Å². The second kappa shape index (κ2) is 5.65. The van der Waals surface area contributed by atoms with Gasteiger partial charge in [0.15, 0.2) is 0 Å². The Morgan fingerprint density at radius 3 is 2.50 bits per heavy atom. The number of halogens is 3. The molecular weight excluding hydrogens is 308 g/mol. The summed E-state index contributed by atoms with van der Waals surface area (Å²) in [6, 6.07) is 4.15. The highest BCUT2D eigenvalue weighted by atomic mass is 79.9. The average Bonchev–Trinajstić information content (AvgIpc) is 2.13. The fourth-order valence-electron chi connectivity index (χ4n) is 1.24. The molecule has 0 aliphatic carbocycles. The Morgan fingerprint density at radius 2 is 2.00 bits per heavy atom. The Balaban J connectivity index is 2.89. The summed E-state index contributed by atoms with van der Waals surface area (Å²) in [5.41, 5.74) is -0.890. The Bertz CT molecular complexity index is 444. The van der Waals surface area contributed by atoms with E-state index in [1.807, 2.05) is 0 Å². The van der Waals surface area contributed by atoms with E-state index in [0.717, 1.165) is 0 Å². The van der Waals surface area contributed by atoms with Crippen LogP contribution in [-0.2, 0) is 4.74 Å². The lowest BCUT2D eigenvalue weighted by molar-refractivity contribution is 0.0635. The topological polar surface area (TPSA) is 38.3 Å². The van der Waals surface area contributed by atoms with E-state index in [1.54, 1.807) is 20.8 Å². The molecule has 0 aliphatic heterocycles. The van der Waals surface area contributed by atoms with E-state index in [9.17, 15) is 13.6 Å². The van der Waals surface area contributed by atoms with Crippen LogP contribution in [0, 0.1) is 0 Å². The molecule has 0 bridgehead atoms. The fraction of sp³-hybridized carbons (Fsp3) is 0.417. The Morgan fingerprint density at radius 1 is 1.39 bits per heavy atom. The van der Waals surface area contributed by atoms with Crippen molar-refractivity contribution in [3.8, 4) is 0 Å². The molecule has 1 aromatic rings. The highest BCUT2D eigenvalue weighted by Crippen LogP contribution is 2.30. The number of anilines is 1. The van der Waals surface area contributed by atoms with Crippen LogP contribution in [0.3, 0.4) is 0 Å². The van der Waals surface area contributed by atoms with Crippen molar-refractivity contribution in [3.63, 3.8) is 0 Å². The van der Waals surface area contributed by atoms with Crippen LogP contribution in [0.25, 0.3) is 0 Å². The molecule has 0 spiro atoms. The summed E-state index contributed by atoms with van der Waals surface area (Å²) in [5, 5.41) is 2.32. The number of benzene rings is 1. The van der Waals surface area contributed by atoms with Crippen molar-refractivity contribution in [1.82, 2.24) is 0 Å². The average molecular weight is 322 g/mol. The molecule has 3 nitrogen and oxygen atoms in total. The highest BCUT2D eigenvalue weighted by molar-refractivity contribution is 9.10. The lowest BCUT2D eigenvalue weighted by atomic mass is 10.2. The molecule has 6 heteroatoms. The minimum absolute atomic E-state index is 0.0358. The van der Waals surface area contributed by atoms with E-state index in [4.69, 9.17) is 4.74 Å². The van der Waals surface area contributed by atoms with Gasteiger partial charge in [-0.2, -0.15) is 0 Å². The Hall–Kier alpha value is -1.17. The number of hydrogen-bond donors (Lipinski definition) is 1. The van der Waals surface area contributed by atoms with Gasteiger partial charge in [-0.3, -0.25) is 5.32 Å². The summed E-state index contributed by atoms with van der Waals surface area (Å²) in [4.78, 5) is 11.5. The quantitative estimate of drug-likeness (QED) is 0.854. The lowest BCUT2D eigenvalue weighted by Crippen LogP contribution is -2.27. The largest absolute Gasteiger partial charge is 0.444 e. The zero-order valence-electron chi connectivity index (χ0n) is 10.3. The molecule has 0 aliphatic rings. The van der Waals surface area contributed by atoms with E-state index in [-0.39, 0.29) is 11.3 Å². The monoisotopic (exact) mass is 321 g/mol. The normalized spacial score (nSPS) is 11.5. The van der Waals surface area contributed by atoms with Crippen LogP contribution in [0.2, 0.25) is 0 Å². The number of amides is 1. The summed E-state index contributed by atoms with van der Waals surface area (Å²) in [7, 11) is 0. The lowest BCUT2D eigenvalue weighted by Gasteiger charge is -2.20. The summed E-state index contributed by atoms with van der Waals surface area (Å²) in [5.74, 6) is 0. The summed E-state index contributed by atoms with van der Waals surface area (Å²) in [6.45, 7) is 5.09. The van der Waals surface area contributed by atoms with E-state index < -0.39 is 18.1 Å². The fourth-order valence-corrected chi connectivity index (χ4v) is 1.60. The smallest absolute Gasteiger partial charge is 0.412 e. The number of carbonyl (C=O) groups is 1. The van der Waals surface area contributed by atoms with E-state index in [0.29, 0.717) is 4.47 Å². The molecule has 0 saturated carbocycles. The van der Waals surface area contributed by atoms with Crippen molar-refractivity contribution < 1.29 is 18.3 Å². The molecule has 1 rings (SSSR count). The third-order valence-electron chi connectivity index (χ3n) is 1.89. The van der Waals surface area contributed by atoms with Gasteiger partial charge in [0.2, 0.25) is 0 Å². The first-order valence-electron chi connectivity index (χ1n) is 5.26. The van der Waals surface area contributed by atoms with E-state index in [2.05, 4.69) is 21.2 Å². The zero-order valence-corrected chi connectivity index (χ0v) is 11.8. The van der Waals surface area contributed by atoms with Crippen molar-refractivity contribution in [2.24, 2.45) is 0 Å². The van der Waals surface area contributed by atoms with Crippen LogP contribution in [0.1, 0.15) is 32.8 Å². The number of alkyl halides is 2. The van der Waals surface area contributed by atoms with Gasteiger partial charge in [0.25, 0.3) is 6.43 Å². The standard InChI is InChI=1S/C12H14BrF2NO2/c1-12(2,3)18-11(17)16-9-6-7(13)4-5-8(9)10(14)15/h4-6,10H,1-3H3,(H,16,17). The third-order valence-corrected chi connectivity index (χ3v) is 2.38. The molecule has 1 N–H and O–H groups in total. The van der Waals surface area contributed by atoms with Crippen LogP contribution in [0.15, 0.2) is 22.7 Å². The maximum absolute atomic E-state index is 12.7. The van der Waals surface area contributed by atoms with Gasteiger partial charge in [-0.05, 0) is 32.9 Å². The summed E-state index contributed by atoms with van der Waals surface area (Å²) >= 11 is 3.16. The van der Waals surface area contributed by atoms with Crippen LogP contribution in [0.4, 0.5) is 19.3 Å². The van der Waals surface area contributed by atoms with Gasteiger partial charge in [0, 0.05) is 10.0 Å². The maximum Gasteiger partial charge on any atom is 0.412 e. The molecule has 0 fully saturated rings. The van der Waals surface area contributed by atoms with E-state index >= 15 is 0 Å². The minimum Gasteiger partial charge on any atom is -0.444 e. The van der Waals surface area contributed by atoms with Gasteiger partial charge in [-0.1, -0.05) is 22.0 Å². The highest BCUT2D eigenvalue weighted by Gasteiger charge is 2.19. The van der Waals surface area contributed by atoms with Gasteiger partial charge in [0.1, 0.15) is 5.60 Å². The molecule has 1 aromatic carbocycles. The number of ether oxygens (including phenoxy) is 1. The van der Waals surface area contributed by atoms with Crippen molar-refractivity contribution in [2.75, 3.05) is 5.32 Å². The van der Waals surface area contributed by atoms with Crippen LogP contribution >= 0.6 is 15.9 Å². The van der Waals surface area contributed by atoms with Crippen LogP contribution in [-0.4, -0.2) is 11.7 Å². The van der Waals surface area contributed by atoms with E-state index in [1.165, 1.54) is 18.2 Å². The van der Waals surface area contributed by atoms with Gasteiger partial charge in [0.05, 0.1) is 5.69 Å². The number of nitrogens with one attached hydrogen (secondary N) is 1. The van der Waals surface area contributed by atoms with Crippen molar-refractivity contribution in [2.45, 2.75) is 32.8 Å². The number of carbonyl (C=O) groups excluding carboxylic acids is 1. The summed E-state index contributed by atoms with van der Waals surface area (Å²) < 4.78 is 31.1. The molecule has 100 valence electrons. The SMILES string of the molecule is CC(C)(C)OC(=O)Nc1cc(Br)ccc1C(F)F. The molecule has 0 atom stereocenters. The first-order valence-corrected chi connectivity index (χ1v) is 6.06. The van der Waals surface area contributed by atoms with Gasteiger partial charge >= 0.3 is 6.09 Å². The molecule has 0 radical (unpaired) electrons. The van der Waals surface area contributed by atoms with Gasteiger partial charge in [-0.15, -0.1) is 0 Å². The molecule has 0 saturated heterocycles. The minimum atomic E-state index is -2.66. The number of hydrogen-bond acceptors (Lipinski definition) is 2. The second-order valence-corrected chi connectivity index (χ2v) is 5.57. The molecule has 0 aromatic heterocycles. The molecule has 0 unspecified atom stereocenters. The first-order chi connectivity index (χ1) is 8.19. The van der Waals surface area contributed by atoms with Gasteiger partial charge < -0.3 is 4.74 Å². The predicted molar refractivity (Wildman–Crippen MR) is 69.0 cm³/mol. The van der Waals surface area contributed by atoms with Gasteiger partial charge in [-0.25, -0.2) is 13.6 Å². The summed E-state index contributed by atoms with van der Waals surface area (Å²) in [6.07, 6.45) is -3.43. The van der Waals surface area contributed by atoms with Crippen molar-refractivity contribution in [3.05, 3.63) is 28.2 Å². The Kier molecular flexibility index (Phi) is 4.67.